The molecule has 3 nitrogen and oxygen atoms in total. The van der Waals surface area contributed by atoms with Crippen LogP contribution >= 0.6 is 0 Å². The van der Waals surface area contributed by atoms with Crippen LogP contribution in [-0.2, 0) is 9.31 Å². The molecular formula is C22H27BNO2. The first-order valence-corrected chi connectivity index (χ1v) is 9.11. The number of benzene rings is 1. The molecule has 0 amide bonds. The van der Waals surface area contributed by atoms with Gasteiger partial charge in [0.25, 0.3) is 0 Å². The Morgan fingerprint density at radius 2 is 1.69 bits per heavy atom. The van der Waals surface area contributed by atoms with Crippen LogP contribution < -0.4 is 0 Å². The average molecular weight is 348 g/mol. The van der Waals surface area contributed by atoms with E-state index in [1.807, 2.05) is 27.7 Å². The molecule has 1 aromatic heterocycles. The summed E-state index contributed by atoms with van der Waals surface area (Å²) in [7, 11) is 1.42. The van der Waals surface area contributed by atoms with E-state index in [4.69, 9.17) is 9.31 Å². The molecule has 1 saturated heterocycles. The summed E-state index contributed by atoms with van der Waals surface area (Å²) in [5.41, 5.74) is 3.24. The van der Waals surface area contributed by atoms with Crippen molar-refractivity contribution in [3.05, 3.63) is 66.4 Å². The van der Waals surface area contributed by atoms with Crippen molar-refractivity contribution in [3.8, 4) is 0 Å². The second kappa shape index (κ2) is 7.30. The van der Waals surface area contributed by atoms with Gasteiger partial charge < -0.3 is 14.3 Å². The second-order valence-corrected chi connectivity index (χ2v) is 7.85. The number of allylic oxidation sites excluding steroid dienone is 6. The van der Waals surface area contributed by atoms with E-state index in [1.165, 1.54) is 29.9 Å². The molecule has 1 N–H and O–H groups in total. The molecule has 1 aromatic carbocycles. The number of nitrogens with one attached hydrogen (secondary N) is 1. The first-order chi connectivity index (χ1) is 12.3. The van der Waals surface area contributed by atoms with Crippen molar-refractivity contribution < 1.29 is 9.31 Å². The van der Waals surface area contributed by atoms with Crippen LogP contribution in [0.5, 0.6) is 0 Å². The minimum atomic E-state index is -0.188. The number of H-pyrrole nitrogens is 1. The summed E-state index contributed by atoms with van der Waals surface area (Å²) in [4.78, 5) is 3.45. The predicted molar refractivity (Wildman–Crippen MR) is 110 cm³/mol. The zero-order valence-electron chi connectivity index (χ0n) is 16.2. The minimum Gasteiger partial charge on any atom is -0.405 e. The highest BCUT2D eigenvalue weighted by molar-refractivity contribution is 6.19. The normalized spacial score (nSPS) is 23.0. The van der Waals surface area contributed by atoms with Crippen LogP contribution in [0.2, 0.25) is 0 Å². The largest absolute Gasteiger partial charge is 0.488 e. The van der Waals surface area contributed by atoms with Gasteiger partial charge in [-0.1, -0.05) is 55.5 Å². The van der Waals surface area contributed by atoms with Crippen LogP contribution in [0.3, 0.4) is 0 Å². The number of hydrogen-bond acceptors (Lipinski definition) is 2. The lowest BCUT2D eigenvalue weighted by atomic mass is 9.90. The van der Waals surface area contributed by atoms with Crippen LogP contribution in [0.1, 0.15) is 40.3 Å². The Kier molecular flexibility index (Phi) is 5.26. The van der Waals surface area contributed by atoms with Gasteiger partial charge in [0.05, 0.1) is 11.2 Å². The Bertz CT molecular complexity index is 811. The van der Waals surface area contributed by atoms with E-state index >= 15 is 0 Å². The van der Waals surface area contributed by atoms with Gasteiger partial charge in [-0.3, -0.25) is 0 Å². The Morgan fingerprint density at radius 1 is 1.00 bits per heavy atom. The number of aromatic nitrogens is 1. The lowest BCUT2D eigenvalue weighted by Gasteiger charge is -2.32. The summed E-state index contributed by atoms with van der Waals surface area (Å²) in [6, 6.07) is 10.6. The summed E-state index contributed by atoms with van der Waals surface area (Å²) in [5, 5.41) is 1.26. The molecule has 1 aliphatic heterocycles. The topological polar surface area (TPSA) is 34.2 Å². The molecule has 0 spiro atoms. The van der Waals surface area contributed by atoms with E-state index in [-0.39, 0.29) is 11.2 Å². The smallest absolute Gasteiger partial charge is 0.405 e. The molecule has 2 heterocycles. The molecular weight excluding hydrogens is 321 g/mol. The molecule has 4 rings (SSSR count). The summed E-state index contributed by atoms with van der Waals surface area (Å²) in [6.07, 6.45) is 10.9. The maximum atomic E-state index is 5.21. The zero-order valence-corrected chi connectivity index (χ0v) is 16.2. The highest BCUT2D eigenvalue weighted by Gasteiger charge is 2.44. The van der Waals surface area contributed by atoms with Crippen LogP contribution in [0, 0.1) is 5.92 Å². The number of fused-ring (bicyclic) bond motifs is 1. The van der Waals surface area contributed by atoms with Crippen molar-refractivity contribution in [1.29, 1.82) is 0 Å². The van der Waals surface area contributed by atoms with Crippen molar-refractivity contribution in [1.82, 2.24) is 4.98 Å². The molecule has 2 aliphatic rings. The summed E-state index contributed by atoms with van der Waals surface area (Å²) >= 11 is 0. The van der Waals surface area contributed by atoms with Crippen LogP contribution in [0.25, 0.3) is 16.5 Å². The van der Waals surface area contributed by atoms with Crippen LogP contribution in [-0.4, -0.2) is 23.9 Å². The van der Waals surface area contributed by atoms with Gasteiger partial charge in [-0.05, 0) is 51.3 Å². The van der Waals surface area contributed by atoms with E-state index in [0.29, 0.717) is 5.92 Å². The third-order valence-electron chi connectivity index (χ3n) is 5.25. The van der Waals surface area contributed by atoms with Gasteiger partial charge in [-0.25, -0.2) is 0 Å². The van der Waals surface area contributed by atoms with Gasteiger partial charge >= 0.3 is 7.69 Å². The second-order valence-electron chi connectivity index (χ2n) is 7.85. The Morgan fingerprint density at radius 3 is 2.31 bits per heavy atom. The van der Waals surface area contributed by atoms with Crippen molar-refractivity contribution in [2.24, 2.45) is 5.92 Å². The lowest BCUT2D eigenvalue weighted by molar-refractivity contribution is 0.00578. The quantitative estimate of drug-likeness (QED) is 0.697. The fourth-order valence-electron chi connectivity index (χ4n) is 2.67. The standard InChI is InChI=1S/C16H15N.C6H12BO2/c1-12-5-4-7-13(10-9-12)16-11-14-6-2-3-8-15(14)17-16;1-5(2)6(3,4)9-7-8-5/h2-12,17H,1H3;1-4H3. The van der Waals surface area contributed by atoms with Gasteiger partial charge in [0, 0.05) is 16.6 Å². The molecule has 1 radical (unpaired) electrons. The van der Waals surface area contributed by atoms with Gasteiger partial charge in [0.1, 0.15) is 0 Å². The number of para-hydroxylation sites is 1. The molecule has 1 fully saturated rings. The van der Waals surface area contributed by atoms with E-state index in [1.54, 1.807) is 0 Å². The molecule has 1 aliphatic carbocycles. The van der Waals surface area contributed by atoms with E-state index in [2.05, 4.69) is 72.6 Å². The fourth-order valence-corrected chi connectivity index (χ4v) is 2.67. The zero-order chi connectivity index (χ0) is 18.8. The average Bonchev–Trinajstić information content (AvgIpc) is 3.02. The van der Waals surface area contributed by atoms with Crippen molar-refractivity contribution >= 4 is 24.2 Å². The summed E-state index contributed by atoms with van der Waals surface area (Å²) in [5.74, 6) is 0.508. The predicted octanol–water partition coefficient (Wildman–Crippen LogP) is 5.44. The van der Waals surface area contributed by atoms with E-state index in [0.717, 1.165) is 0 Å². The first-order valence-electron chi connectivity index (χ1n) is 9.11. The van der Waals surface area contributed by atoms with Gasteiger partial charge in [0.15, 0.2) is 0 Å². The van der Waals surface area contributed by atoms with Crippen LogP contribution in [0.4, 0.5) is 0 Å². The molecule has 2 aromatic rings. The minimum absolute atomic E-state index is 0.187. The van der Waals surface area contributed by atoms with E-state index < -0.39 is 0 Å². The Hall–Kier alpha value is -2.04. The first kappa shape index (κ1) is 18.7. The lowest BCUT2D eigenvalue weighted by Crippen LogP contribution is -2.41. The highest BCUT2D eigenvalue weighted by atomic mass is 16.7. The number of rotatable bonds is 1. The van der Waals surface area contributed by atoms with Gasteiger partial charge in [-0.15, -0.1) is 0 Å². The summed E-state index contributed by atoms with van der Waals surface area (Å²) in [6.45, 7) is 10.2. The molecule has 135 valence electrons. The molecule has 4 heteroatoms. The van der Waals surface area contributed by atoms with Gasteiger partial charge in [0.2, 0.25) is 0 Å². The van der Waals surface area contributed by atoms with Crippen molar-refractivity contribution in [3.63, 3.8) is 0 Å². The highest BCUT2D eigenvalue weighted by Crippen LogP contribution is 2.33. The third-order valence-corrected chi connectivity index (χ3v) is 5.25. The Balaban J connectivity index is 0.000000185. The monoisotopic (exact) mass is 348 g/mol. The van der Waals surface area contributed by atoms with Crippen molar-refractivity contribution in [2.75, 3.05) is 0 Å². The number of hydrogen-bond donors (Lipinski definition) is 1. The molecule has 26 heavy (non-hydrogen) atoms. The number of aromatic amines is 1. The van der Waals surface area contributed by atoms with Gasteiger partial charge in [-0.2, -0.15) is 0 Å². The maximum Gasteiger partial charge on any atom is 0.488 e. The van der Waals surface area contributed by atoms with E-state index in [9.17, 15) is 0 Å². The van der Waals surface area contributed by atoms with Crippen LogP contribution in [0.15, 0.2) is 60.7 Å². The molecule has 0 saturated carbocycles. The molecule has 1 atom stereocenters. The third kappa shape index (κ3) is 4.03. The SMILES string of the molecule is CC1(C)O[B]OC1(C)C.CC1C=CC=C(c2cc3ccccc3[nH]2)C=C1. The van der Waals surface area contributed by atoms with Crippen molar-refractivity contribution in [2.45, 2.75) is 45.8 Å². The Labute approximate surface area is 157 Å². The summed E-state index contributed by atoms with van der Waals surface area (Å²) < 4.78 is 10.4. The fraction of sp³-hybridized carbons (Fsp3) is 0.364. The molecule has 0 bridgehead atoms. The molecule has 1 unspecified atom stereocenters. The maximum absolute atomic E-state index is 5.21.